The third-order valence-corrected chi connectivity index (χ3v) is 1.81. The first kappa shape index (κ1) is 11.2. The van der Waals surface area contributed by atoms with Crippen molar-refractivity contribution in [3.8, 4) is 0 Å². The van der Waals surface area contributed by atoms with Gasteiger partial charge in [0.05, 0.1) is 6.54 Å². The van der Waals surface area contributed by atoms with E-state index in [1.54, 1.807) is 0 Å². The van der Waals surface area contributed by atoms with Gasteiger partial charge in [-0.3, -0.25) is 0 Å². The fraction of sp³-hybridized carbons (Fsp3) is 0.800. The van der Waals surface area contributed by atoms with Gasteiger partial charge < -0.3 is 9.73 Å². The monoisotopic (exact) mass is 197 g/mol. The molecule has 4 nitrogen and oxygen atoms in total. The molecule has 1 N–H and O–H groups in total. The molecule has 0 radical (unpaired) electrons. The van der Waals surface area contributed by atoms with Crippen molar-refractivity contribution in [3.05, 3.63) is 11.8 Å². The van der Waals surface area contributed by atoms with E-state index in [1.165, 1.54) is 0 Å². The average molecular weight is 197 g/mol. The van der Waals surface area contributed by atoms with Gasteiger partial charge in [0.2, 0.25) is 11.8 Å². The van der Waals surface area contributed by atoms with Crippen LogP contribution >= 0.6 is 0 Å². The second-order valence-electron chi connectivity index (χ2n) is 4.21. The Labute approximate surface area is 85.1 Å². The molecule has 4 heteroatoms. The molecule has 1 aromatic rings. The Balaban J connectivity index is 2.36. The predicted molar refractivity (Wildman–Crippen MR) is 54.9 cm³/mol. The largest absolute Gasteiger partial charge is 0.424 e. The Hall–Kier alpha value is -0.900. The first-order valence-corrected chi connectivity index (χ1v) is 5.12. The summed E-state index contributed by atoms with van der Waals surface area (Å²) >= 11 is 0. The highest BCUT2D eigenvalue weighted by atomic mass is 16.4. The fourth-order valence-electron chi connectivity index (χ4n) is 1.04. The highest BCUT2D eigenvalue weighted by Gasteiger charge is 2.08. The van der Waals surface area contributed by atoms with E-state index < -0.39 is 0 Å². The summed E-state index contributed by atoms with van der Waals surface area (Å²) < 4.78 is 5.44. The molecule has 0 fully saturated rings. The van der Waals surface area contributed by atoms with Crippen LogP contribution in [-0.2, 0) is 6.54 Å². The zero-order valence-electron chi connectivity index (χ0n) is 9.37. The highest BCUT2D eigenvalue weighted by molar-refractivity contribution is 4.86. The van der Waals surface area contributed by atoms with E-state index in [-0.39, 0.29) is 0 Å². The number of aromatic nitrogens is 2. The molecule has 0 aliphatic carbocycles. The van der Waals surface area contributed by atoms with E-state index in [0.29, 0.717) is 30.2 Å². The maximum absolute atomic E-state index is 5.44. The quantitative estimate of drug-likeness (QED) is 0.783. The van der Waals surface area contributed by atoms with Crippen molar-refractivity contribution in [2.45, 2.75) is 40.2 Å². The molecule has 0 bridgehead atoms. The number of hydrogen-bond donors (Lipinski definition) is 1. The van der Waals surface area contributed by atoms with Crippen molar-refractivity contribution >= 4 is 0 Å². The minimum Gasteiger partial charge on any atom is -0.424 e. The fourth-order valence-corrected chi connectivity index (χ4v) is 1.04. The summed E-state index contributed by atoms with van der Waals surface area (Å²) in [6, 6.07) is 0. The number of nitrogens with one attached hydrogen (secondary N) is 1. The van der Waals surface area contributed by atoms with Crippen LogP contribution in [0.1, 0.15) is 45.4 Å². The SMILES string of the molecule is CC(C)CNCc1nnc(C(C)C)o1. The predicted octanol–water partition coefficient (Wildman–Crippen LogP) is 1.94. The van der Waals surface area contributed by atoms with E-state index >= 15 is 0 Å². The van der Waals surface area contributed by atoms with E-state index in [0.717, 1.165) is 6.54 Å². The van der Waals surface area contributed by atoms with E-state index in [1.807, 2.05) is 13.8 Å². The van der Waals surface area contributed by atoms with Crippen molar-refractivity contribution in [1.82, 2.24) is 15.5 Å². The molecule has 80 valence electrons. The lowest BCUT2D eigenvalue weighted by Crippen LogP contribution is -2.19. The van der Waals surface area contributed by atoms with Crippen molar-refractivity contribution in [3.63, 3.8) is 0 Å². The Morgan fingerprint density at radius 2 is 1.93 bits per heavy atom. The standard InChI is InChI=1S/C10H19N3O/c1-7(2)5-11-6-9-12-13-10(14-9)8(3)4/h7-8,11H,5-6H2,1-4H3. The molecule has 0 aliphatic heterocycles. The van der Waals surface area contributed by atoms with Crippen LogP contribution in [0.3, 0.4) is 0 Å². The molecular weight excluding hydrogens is 178 g/mol. The van der Waals surface area contributed by atoms with Crippen molar-refractivity contribution < 1.29 is 4.42 Å². The van der Waals surface area contributed by atoms with Crippen molar-refractivity contribution in [1.29, 1.82) is 0 Å². The zero-order valence-corrected chi connectivity index (χ0v) is 9.37. The number of hydrogen-bond acceptors (Lipinski definition) is 4. The second kappa shape index (κ2) is 5.10. The molecule has 0 saturated heterocycles. The second-order valence-corrected chi connectivity index (χ2v) is 4.21. The normalized spacial score (nSPS) is 11.6. The van der Waals surface area contributed by atoms with Gasteiger partial charge in [0, 0.05) is 5.92 Å². The maximum atomic E-state index is 5.44. The van der Waals surface area contributed by atoms with Crippen LogP contribution in [0, 0.1) is 5.92 Å². The molecule has 1 rings (SSSR count). The third kappa shape index (κ3) is 3.46. The summed E-state index contributed by atoms with van der Waals surface area (Å²) in [5.74, 6) is 2.34. The van der Waals surface area contributed by atoms with Gasteiger partial charge in [0.15, 0.2) is 0 Å². The minimum atomic E-state index is 0.307. The molecule has 0 spiro atoms. The molecule has 0 atom stereocenters. The molecular formula is C10H19N3O. The molecule has 14 heavy (non-hydrogen) atoms. The summed E-state index contributed by atoms with van der Waals surface area (Å²) in [5.41, 5.74) is 0. The van der Waals surface area contributed by atoms with Gasteiger partial charge in [-0.1, -0.05) is 27.7 Å². The van der Waals surface area contributed by atoms with E-state index in [9.17, 15) is 0 Å². The van der Waals surface area contributed by atoms with Gasteiger partial charge in [0.25, 0.3) is 0 Å². The lowest BCUT2D eigenvalue weighted by atomic mass is 10.2. The van der Waals surface area contributed by atoms with Gasteiger partial charge in [-0.15, -0.1) is 10.2 Å². The van der Waals surface area contributed by atoms with Crippen LogP contribution in [0.2, 0.25) is 0 Å². The maximum Gasteiger partial charge on any atom is 0.230 e. The summed E-state index contributed by atoms with van der Waals surface area (Å²) in [6.07, 6.45) is 0. The highest BCUT2D eigenvalue weighted by Crippen LogP contribution is 2.11. The lowest BCUT2D eigenvalue weighted by molar-refractivity contribution is 0.411. The molecule has 0 saturated carbocycles. The first-order chi connectivity index (χ1) is 6.59. The topological polar surface area (TPSA) is 51.0 Å². The summed E-state index contributed by atoms with van der Waals surface area (Å²) in [6.45, 7) is 10.1. The van der Waals surface area contributed by atoms with Crippen molar-refractivity contribution in [2.24, 2.45) is 5.92 Å². The third-order valence-electron chi connectivity index (χ3n) is 1.81. The molecule has 0 unspecified atom stereocenters. The van der Waals surface area contributed by atoms with Gasteiger partial charge in [-0.05, 0) is 12.5 Å². The summed E-state index contributed by atoms with van der Waals surface area (Å²) in [5, 5.41) is 11.2. The van der Waals surface area contributed by atoms with E-state index in [4.69, 9.17) is 4.42 Å². The Kier molecular flexibility index (Phi) is 4.07. The first-order valence-electron chi connectivity index (χ1n) is 5.12. The summed E-state index contributed by atoms with van der Waals surface area (Å²) in [4.78, 5) is 0. The lowest BCUT2D eigenvalue weighted by Gasteiger charge is -2.03. The van der Waals surface area contributed by atoms with Gasteiger partial charge in [-0.2, -0.15) is 0 Å². The molecule has 0 aliphatic rings. The molecule has 0 amide bonds. The average Bonchev–Trinajstić information content (AvgIpc) is 2.52. The van der Waals surface area contributed by atoms with Crippen LogP contribution in [0.25, 0.3) is 0 Å². The molecule has 0 aromatic carbocycles. The molecule has 1 heterocycles. The van der Waals surface area contributed by atoms with Crippen LogP contribution in [0.15, 0.2) is 4.42 Å². The number of rotatable bonds is 5. The number of nitrogens with zero attached hydrogens (tertiary/aromatic N) is 2. The Morgan fingerprint density at radius 3 is 2.43 bits per heavy atom. The van der Waals surface area contributed by atoms with Crippen molar-refractivity contribution in [2.75, 3.05) is 6.54 Å². The van der Waals surface area contributed by atoms with Gasteiger partial charge in [0.1, 0.15) is 0 Å². The van der Waals surface area contributed by atoms with Gasteiger partial charge >= 0.3 is 0 Å². The van der Waals surface area contributed by atoms with Crippen LogP contribution < -0.4 is 5.32 Å². The zero-order chi connectivity index (χ0) is 10.6. The Morgan fingerprint density at radius 1 is 1.21 bits per heavy atom. The Bertz CT molecular complexity index is 268. The smallest absolute Gasteiger partial charge is 0.230 e. The van der Waals surface area contributed by atoms with E-state index in [2.05, 4.69) is 29.4 Å². The van der Waals surface area contributed by atoms with Crippen LogP contribution in [0.5, 0.6) is 0 Å². The van der Waals surface area contributed by atoms with Crippen LogP contribution in [-0.4, -0.2) is 16.7 Å². The summed E-state index contributed by atoms with van der Waals surface area (Å²) in [7, 11) is 0. The minimum absolute atomic E-state index is 0.307. The molecule has 1 aromatic heterocycles. The van der Waals surface area contributed by atoms with Crippen LogP contribution in [0.4, 0.5) is 0 Å². The van der Waals surface area contributed by atoms with Gasteiger partial charge in [-0.25, -0.2) is 0 Å².